The van der Waals surface area contributed by atoms with Crippen LogP contribution in [-0.2, 0) is 4.74 Å². The van der Waals surface area contributed by atoms with Gasteiger partial charge in [0.25, 0.3) is 0 Å². The number of carbonyl (C=O) groups is 1. The number of carbonyl (C=O) groups excluding carboxylic acids is 1. The molecule has 0 aliphatic carbocycles. The first-order valence-electron chi connectivity index (χ1n) is 4.44. The van der Waals surface area contributed by atoms with E-state index in [-0.39, 0.29) is 12.5 Å². The van der Waals surface area contributed by atoms with Crippen molar-refractivity contribution < 1.29 is 13.9 Å². The second-order valence-corrected chi connectivity index (χ2v) is 3.29. The van der Waals surface area contributed by atoms with E-state index in [1.807, 2.05) is 0 Å². The maximum Gasteiger partial charge on any atom is 0.394 e. The van der Waals surface area contributed by atoms with Gasteiger partial charge in [0.05, 0.1) is 6.61 Å². The van der Waals surface area contributed by atoms with Gasteiger partial charge < -0.3 is 9.15 Å². The Morgan fingerprint density at radius 3 is 3.13 bits per heavy atom. The minimum Gasteiger partial charge on any atom is -0.459 e. The van der Waals surface area contributed by atoms with E-state index in [1.165, 1.54) is 0 Å². The number of fused-ring (bicyclic) bond motifs is 1. The summed E-state index contributed by atoms with van der Waals surface area (Å²) in [6.07, 6.45) is 0. The lowest BCUT2D eigenvalue weighted by molar-refractivity contribution is 0.0483. The molecule has 0 atom stereocenters. The number of aromatic nitrogens is 1. The van der Waals surface area contributed by atoms with Gasteiger partial charge in [0, 0.05) is 11.1 Å². The summed E-state index contributed by atoms with van der Waals surface area (Å²) in [7, 11) is 0. The minimum absolute atomic E-state index is 0.0471. The Hall–Kier alpha value is -1.55. The molecule has 5 heteroatoms. The Morgan fingerprint density at radius 1 is 1.60 bits per heavy atom. The highest BCUT2D eigenvalue weighted by Crippen LogP contribution is 2.20. The summed E-state index contributed by atoms with van der Waals surface area (Å²) in [5.74, 6) is -0.612. The van der Waals surface area contributed by atoms with Crippen LogP contribution in [0.25, 0.3) is 11.1 Å². The summed E-state index contributed by atoms with van der Waals surface area (Å²) >= 11 is 5.76. The van der Waals surface area contributed by atoms with Crippen molar-refractivity contribution >= 4 is 28.7 Å². The topological polar surface area (TPSA) is 52.3 Å². The second-order valence-electron chi connectivity index (χ2n) is 2.85. The first kappa shape index (κ1) is 9.98. The molecule has 4 nitrogen and oxygen atoms in total. The normalized spacial score (nSPS) is 10.5. The molecule has 0 unspecified atom stereocenters. The molecule has 1 aromatic heterocycles. The average Bonchev–Trinajstić information content (AvgIpc) is 2.60. The van der Waals surface area contributed by atoms with Crippen LogP contribution in [0.3, 0.4) is 0 Å². The summed E-state index contributed by atoms with van der Waals surface area (Å²) < 4.78 is 9.95. The van der Waals surface area contributed by atoms with Crippen molar-refractivity contribution in [3.63, 3.8) is 0 Å². The van der Waals surface area contributed by atoms with E-state index in [0.717, 1.165) is 0 Å². The van der Waals surface area contributed by atoms with Crippen LogP contribution in [0.5, 0.6) is 0 Å². The van der Waals surface area contributed by atoms with Gasteiger partial charge in [-0.2, -0.15) is 0 Å². The number of benzene rings is 1. The van der Waals surface area contributed by atoms with Crippen LogP contribution in [-0.4, -0.2) is 17.6 Å². The van der Waals surface area contributed by atoms with Crippen LogP contribution in [0, 0.1) is 0 Å². The fourth-order valence-corrected chi connectivity index (χ4v) is 1.34. The molecule has 0 aliphatic rings. The highest BCUT2D eigenvalue weighted by molar-refractivity contribution is 6.31. The number of ether oxygens (including phenoxy) is 1. The third kappa shape index (κ3) is 1.94. The first-order valence-corrected chi connectivity index (χ1v) is 4.81. The lowest BCUT2D eigenvalue weighted by atomic mass is 10.3. The van der Waals surface area contributed by atoms with E-state index in [1.54, 1.807) is 25.1 Å². The lowest BCUT2D eigenvalue weighted by Crippen LogP contribution is -2.04. The van der Waals surface area contributed by atoms with Gasteiger partial charge in [-0.15, -0.1) is 0 Å². The van der Waals surface area contributed by atoms with E-state index in [2.05, 4.69) is 4.98 Å². The van der Waals surface area contributed by atoms with Crippen LogP contribution >= 0.6 is 11.6 Å². The molecule has 0 saturated carbocycles. The number of esters is 1. The summed E-state index contributed by atoms with van der Waals surface area (Å²) in [5, 5.41) is 0.536. The largest absolute Gasteiger partial charge is 0.459 e. The average molecular weight is 226 g/mol. The minimum atomic E-state index is -0.565. The Kier molecular flexibility index (Phi) is 2.60. The molecule has 1 aromatic carbocycles. The quantitative estimate of drug-likeness (QED) is 0.738. The van der Waals surface area contributed by atoms with E-state index < -0.39 is 5.97 Å². The van der Waals surface area contributed by atoms with Gasteiger partial charge in [0.2, 0.25) is 0 Å². The molecule has 0 saturated heterocycles. The lowest BCUT2D eigenvalue weighted by Gasteiger charge is -1.94. The molecule has 0 fully saturated rings. The van der Waals surface area contributed by atoms with Gasteiger partial charge in [-0.25, -0.2) is 9.78 Å². The molecule has 0 bridgehead atoms. The zero-order valence-corrected chi connectivity index (χ0v) is 8.75. The highest BCUT2D eigenvalue weighted by Gasteiger charge is 2.15. The Balaban J connectivity index is 2.42. The van der Waals surface area contributed by atoms with E-state index in [9.17, 15) is 4.79 Å². The standard InChI is InChI=1S/C10H8ClNO3/c1-2-14-10(13)9-12-7-4-3-6(11)5-8(7)15-9/h3-5H,2H2,1H3. The molecule has 0 radical (unpaired) electrons. The number of hydrogen-bond donors (Lipinski definition) is 0. The van der Waals surface area contributed by atoms with Crippen LogP contribution in [0.1, 0.15) is 17.6 Å². The number of rotatable bonds is 2. The predicted molar refractivity (Wildman–Crippen MR) is 55.0 cm³/mol. The van der Waals surface area contributed by atoms with Gasteiger partial charge in [-0.05, 0) is 19.1 Å². The highest BCUT2D eigenvalue weighted by atomic mass is 35.5. The fourth-order valence-electron chi connectivity index (χ4n) is 1.18. The third-order valence-electron chi connectivity index (χ3n) is 1.80. The van der Waals surface area contributed by atoms with Gasteiger partial charge in [0.1, 0.15) is 5.52 Å². The Labute approximate surface area is 90.8 Å². The zero-order chi connectivity index (χ0) is 10.8. The molecule has 0 spiro atoms. The maximum absolute atomic E-state index is 11.3. The summed E-state index contributed by atoms with van der Waals surface area (Å²) in [6, 6.07) is 4.97. The molecule has 2 aromatic rings. The van der Waals surface area contributed by atoms with Crippen LogP contribution < -0.4 is 0 Å². The smallest absolute Gasteiger partial charge is 0.394 e. The SMILES string of the molecule is CCOC(=O)c1nc2ccc(Cl)cc2o1. The third-order valence-corrected chi connectivity index (χ3v) is 2.04. The van der Waals surface area contributed by atoms with Crippen molar-refractivity contribution in [2.75, 3.05) is 6.61 Å². The first-order chi connectivity index (χ1) is 7.20. The summed E-state index contributed by atoms with van der Waals surface area (Å²) in [5.41, 5.74) is 1.06. The maximum atomic E-state index is 11.3. The predicted octanol–water partition coefficient (Wildman–Crippen LogP) is 2.66. The van der Waals surface area contributed by atoms with Crippen molar-refractivity contribution in [2.45, 2.75) is 6.92 Å². The fraction of sp³-hybridized carbons (Fsp3) is 0.200. The molecule has 2 rings (SSSR count). The molecule has 0 amide bonds. The number of halogens is 1. The number of hydrogen-bond acceptors (Lipinski definition) is 4. The van der Waals surface area contributed by atoms with Crippen LogP contribution in [0.2, 0.25) is 5.02 Å². The van der Waals surface area contributed by atoms with Crippen molar-refractivity contribution in [1.82, 2.24) is 4.98 Å². The van der Waals surface area contributed by atoms with Crippen molar-refractivity contribution in [1.29, 1.82) is 0 Å². The number of nitrogens with zero attached hydrogens (tertiary/aromatic N) is 1. The summed E-state index contributed by atoms with van der Waals surface area (Å²) in [4.78, 5) is 15.3. The zero-order valence-electron chi connectivity index (χ0n) is 7.99. The molecule has 0 N–H and O–H groups in total. The second kappa shape index (κ2) is 3.90. The molecule has 15 heavy (non-hydrogen) atoms. The van der Waals surface area contributed by atoms with E-state index >= 15 is 0 Å². The van der Waals surface area contributed by atoms with Crippen molar-refractivity contribution in [2.24, 2.45) is 0 Å². The summed E-state index contributed by atoms with van der Waals surface area (Å²) in [6.45, 7) is 2.01. The van der Waals surface area contributed by atoms with Crippen LogP contribution in [0.15, 0.2) is 22.6 Å². The van der Waals surface area contributed by atoms with Crippen molar-refractivity contribution in [3.05, 3.63) is 29.1 Å². The van der Waals surface area contributed by atoms with Gasteiger partial charge in [-0.3, -0.25) is 0 Å². The van der Waals surface area contributed by atoms with Gasteiger partial charge in [0.15, 0.2) is 5.58 Å². The molecular weight excluding hydrogens is 218 g/mol. The number of oxazole rings is 1. The van der Waals surface area contributed by atoms with E-state index in [4.69, 9.17) is 20.8 Å². The van der Waals surface area contributed by atoms with Gasteiger partial charge >= 0.3 is 11.9 Å². The monoisotopic (exact) mass is 225 g/mol. The van der Waals surface area contributed by atoms with Crippen LogP contribution in [0.4, 0.5) is 0 Å². The molecule has 1 heterocycles. The molecule has 0 aliphatic heterocycles. The van der Waals surface area contributed by atoms with E-state index in [0.29, 0.717) is 16.1 Å². The molecular formula is C10H8ClNO3. The Bertz CT molecular complexity index is 506. The Morgan fingerprint density at radius 2 is 2.40 bits per heavy atom. The molecule has 78 valence electrons. The van der Waals surface area contributed by atoms with Crippen molar-refractivity contribution in [3.8, 4) is 0 Å². The van der Waals surface area contributed by atoms with Gasteiger partial charge in [-0.1, -0.05) is 11.6 Å².